The van der Waals surface area contributed by atoms with Crippen LogP contribution < -0.4 is 5.32 Å². The van der Waals surface area contributed by atoms with E-state index in [1.807, 2.05) is 19.9 Å². The lowest BCUT2D eigenvalue weighted by Gasteiger charge is -2.23. The highest BCUT2D eigenvalue weighted by molar-refractivity contribution is 5.32. The molecule has 0 aromatic heterocycles. The SMILES string of the molecule is COC(C)(C)CNCc1ccc(C#N)cc1F. The Balaban J connectivity index is 2.56. The van der Waals surface area contributed by atoms with Crippen LogP contribution in [0.25, 0.3) is 0 Å². The van der Waals surface area contributed by atoms with Gasteiger partial charge in [0.05, 0.1) is 17.2 Å². The van der Waals surface area contributed by atoms with Crippen LogP contribution in [0.5, 0.6) is 0 Å². The molecular weight excluding hydrogens is 219 g/mol. The van der Waals surface area contributed by atoms with E-state index in [0.29, 0.717) is 24.2 Å². The minimum Gasteiger partial charge on any atom is -0.377 e. The minimum atomic E-state index is -0.355. The minimum absolute atomic E-state index is 0.275. The summed E-state index contributed by atoms with van der Waals surface area (Å²) in [7, 11) is 1.64. The fraction of sp³-hybridized carbons (Fsp3) is 0.462. The van der Waals surface area contributed by atoms with Crippen LogP contribution in [-0.2, 0) is 11.3 Å². The molecule has 0 aliphatic carbocycles. The topological polar surface area (TPSA) is 45.0 Å². The number of ether oxygens (including phenoxy) is 1. The third-order valence-corrected chi connectivity index (χ3v) is 2.60. The van der Waals surface area contributed by atoms with Crippen LogP contribution in [0.15, 0.2) is 18.2 Å². The van der Waals surface area contributed by atoms with Crippen LogP contribution >= 0.6 is 0 Å². The van der Waals surface area contributed by atoms with Gasteiger partial charge >= 0.3 is 0 Å². The molecule has 17 heavy (non-hydrogen) atoms. The second kappa shape index (κ2) is 5.76. The summed E-state index contributed by atoms with van der Waals surface area (Å²) in [4.78, 5) is 0. The van der Waals surface area contributed by atoms with Gasteiger partial charge in [0.25, 0.3) is 0 Å². The lowest BCUT2D eigenvalue weighted by Crippen LogP contribution is -2.36. The van der Waals surface area contributed by atoms with Crippen LogP contribution in [0.1, 0.15) is 25.0 Å². The predicted molar refractivity (Wildman–Crippen MR) is 63.9 cm³/mol. The van der Waals surface area contributed by atoms with E-state index in [9.17, 15) is 4.39 Å². The van der Waals surface area contributed by atoms with E-state index in [1.54, 1.807) is 19.2 Å². The second-order valence-electron chi connectivity index (χ2n) is 4.49. The summed E-state index contributed by atoms with van der Waals surface area (Å²) in [6, 6.07) is 6.39. The molecule has 1 aromatic carbocycles. The zero-order valence-electron chi connectivity index (χ0n) is 10.4. The van der Waals surface area contributed by atoms with Crippen molar-refractivity contribution in [2.24, 2.45) is 0 Å². The van der Waals surface area contributed by atoms with E-state index < -0.39 is 0 Å². The van der Waals surface area contributed by atoms with Gasteiger partial charge in [-0.25, -0.2) is 4.39 Å². The highest BCUT2D eigenvalue weighted by Gasteiger charge is 2.15. The van der Waals surface area contributed by atoms with E-state index in [0.717, 1.165) is 0 Å². The third-order valence-electron chi connectivity index (χ3n) is 2.60. The van der Waals surface area contributed by atoms with Crippen molar-refractivity contribution in [3.05, 3.63) is 35.1 Å². The number of hydrogen-bond acceptors (Lipinski definition) is 3. The molecular formula is C13H17FN2O. The standard InChI is InChI=1S/C13H17FN2O/c1-13(2,17-3)9-16-8-11-5-4-10(7-15)6-12(11)14/h4-6,16H,8-9H2,1-3H3. The Labute approximate surface area is 101 Å². The summed E-state index contributed by atoms with van der Waals surface area (Å²) in [5.41, 5.74) is 0.614. The first-order chi connectivity index (χ1) is 7.98. The van der Waals surface area contributed by atoms with E-state index in [2.05, 4.69) is 5.32 Å². The zero-order chi connectivity index (χ0) is 12.9. The summed E-state index contributed by atoms with van der Waals surface area (Å²) in [5, 5.41) is 11.7. The summed E-state index contributed by atoms with van der Waals surface area (Å²) in [6.45, 7) is 4.96. The van der Waals surface area contributed by atoms with Gasteiger partial charge in [-0.15, -0.1) is 0 Å². The molecule has 1 aromatic rings. The number of halogens is 1. The molecule has 0 bridgehead atoms. The Morgan fingerprint density at radius 1 is 1.47 bits per heavy atom. The first-order valence-corrected chi connectivity index (χ1v) is 5.43. The smallest absolute Gasteiger partial charge is 0.129 e. The maximum Gasteiger partial charge on any atom is 0.129 e. The molecule has 3 nitrogen and oxygen atoms in total. The highest BCUT2D eigenvalue weighted by Crippen LogP contribution is 2.10. The first-order valence-electron chi connectivity index (χ1n) is 5.43. The molecule has 0 unspecified atom stereocenters. The van der Waals surface area contributed by atoms with Crippen molar-refractivity contribution in [2.45, 2.75) is 26.0 Å². The quantitative estimate of drug-likeness (QED) is 0.852. The molecule has 0 aliphatic rings. The van der Waals surface area contributed by atoms with Gasteiger partial charge in [-0.05, 0) is 26.0 Å². The Morgan fingerprint density at radius 3 is 2.71 bits per heavy atom. The average Bonchev–Trinajstić information content (AvgIpc) is 2.31. The number of methoxy groups -OCH3 is 1. The number of benzene rings is 1. The number of nitriles is 1. The molecule has 4 heteroatoms. The fourth-order valence-electron chi connectivity index (χ4n) is 1.33. The van der Waals surface area contributed by atoms with Crippen LogP contribution in [-0.4, -0.2) is 19.3 Å². The molecule has 0 atom stereocenters. The zero-order valence-corrected chi connectivity index (χ0v) is 10.4. The van der Waals surface area contributed by atoms with Crippen LogP contribution in [0.2, 0.25) is 0 Å². The van der Waals surface area contributed by atoms with Gasteiger partial charge in [0.15, 0.2) is 0 Å². The van der Waals surface area contributed by atoms with Crippen molar-refractivity contribution in [2.75, 3.05) is 13.7 Å². The molecule has 0 radical (unpaired) electrons. The molecule has 92 valence electrons. The molecule has 0 spiro atoms. The van der Waals surface area contributed by atoms with Gasteiger partial charge in [0.2, 0.25) is 0 Å². The summed E-state index contributed by atoms with van der Waals surface area (Å²) in [6.07, 6.45) is 0. The Morgan fingerprint density at radius 2 is 2.18 bits per heavy atom. The number of nitrogens with zero attached hydrogens (tertiary/aromatic N) is 1. The van der Waals surface area contributed by atoms with Crippen molar-refractivity contribution >= 4 is 0 Å². The van der Waals surface area contributed by atoms with E-state index in [1.165, 1.54) is 6.07 Å². The maximum absolute atomic E-state index is 13.5. The van der Waals surface area contributed by atoms with Gasteiger partial charge in [-0.3, -0.25) is 0 Å². The van der Waals surface area contributed by atoms with Crippen LogP contribution in [0.4, 0.5) is 4.39 Å². The molecule has 0 saturated heterocycles. The summed E-state index contributed by atoms with van der Waals surface area (Å²) < 4.78 is 18.8. The van der Waals surface area contributed by atoms with E-state index in [-0.39, 0.29) is 11.4 Å². The highest BCUT2D eigenvalue weighted by atomic mass is 19.1. The van der Waals surface area contributed by atoms with Gasteiger partial charge in [-0.2, -0.15) is 5.26 Å². The molecule has 0 saturated carbocycles. The summed E-state index contributed by atoms with van der Waals surface area (Å²) in [5.74, 6) is -0.355. The normalized spacial score (nSPS) is 11.2. The lowest BCUT2D eigenvalue weighted by molar-refractivity contribution is 0.0230. The second-order valence-corrected chi connectivity index (χ2v) is 4.49. The fourth-order valence-corrected chi connectivity index (χ4v) is 1.33. The van der Waals surface area contributed by atoms with Crippen molar-refractivity contribution in [1.29, 1.82) is 5.26 Å². The summed E-state index contributed by atoms with van der Waals surface area (Å²) >= 11 is 0. The van der Waals surface area contributed by atoms with Crippen molar-refractivity contribution in [1.82, 2.24) is 5.32 Å². The Hall–Kier alpha value is -1.44. The largest absolute Gasteiger partial charge is 0.377 e. The third kappa shape index (κ3) is 4.14. The molecule has 0 amide bonds. The Bertz CT molecular complexity index is 424. The molecule has 0 aliphatic heterocycles. The molecule has 1 N–H and O–H groups in total. The maximum atomic E-state index is 13.5. The van der Waals surface area contributed by atoms with E-state index in [4.69, 9.17) is 10.00 Å². The van der Waals surface area contributed by atoms with Crippen molar-refractivity contribution < 1.29 is 9.13 Å². The van der Waals surface area contributed by atoms with Crippen molar-refractivity contribution in [3.63, 3.8) is 0 Å². The monoisotopic (exact) mass is 236 g/mol. The number of hydrogen-bond donors (Lipinski definition) is 1. The van der Waals surface area contributed by atoms with Gasteiger partial charge in [-0.1, -0.05) is 6.07 Å². The number of rotatable bonds is 5. The van der Waals surface area contributed by atoms with Crippen LogP contribution in [0.3, 0.4) is 0 Å². The lowest BCUT2D eigenvalue weighted by atomic mass is 10.1. The van der Waals surface area contributed by atoms with E-state index >= 15 is 0 Å². The van der Waals surface area contributed by atoms with Gasteiger partial charge < -0.3 is 10.1 Å². The van der Waals surface area contributed by atoms with Crippen LogP contribution in [0, 0.1) is 17.1 Å². The average molecular weight is 236 g/mol. The Kier molecular flexibility index (Phi) is 4.62. The van der Waals surface area contributed by atoms with Crippen molar-refractivity contribution in [3.8, 4) is 6.07 Å². The van der Waals surface area contributed by atoms with Gasteiger partial charge in [0, 0.05) is 25.8 Å². The molecule has 1 rings (SSSR count). The number of nitrogens with one attached hydrogen (secondary N) is 1. The predicted octanol–water partition coefficient (Wildman–Crippen LogP) is 2.21. The van der Waals surface area contributed by atoms with Gasteiger partial charge in [0.1, 0.15) is 5.82 Å². The first kappa shape index (κ1) is 13.6. The molecule has 0 heterocycles. The molecule has 0 fully saturated rings.